The van der Waals surface area contributed by atoms with Crippen molar-refractivity contribution in [2.45, 2.75) is 0 Å². The molecule has 0 spiro atoms. The van der Waals surface area contributed by atoms with Gasteiger partial charge in [0.1, 0.15) is 6.54 Å². The second-order valence-corrected chi connectivity index (χ2v) is 5.67. The lowest BCUT2D eigenvalue weighted by atomic mass is 10.1. The molecule has 0 saturated heterocycles. The van der Waals surface area contributed by atoms with E-state index in [1.165, 1.54) is 5.01 Å². The first-order chi connectivity index (χ1) is 12.7. The van der Waals surface area contributed by atoms with Crippen molar-refractivity contribution >= 4 is 17.9 Å². The molecule has 4 heteroatoms. The van der Waals surface area contributed by atoms with Gasteiger partial charge in [0.05, 0.1) is 6.21 Å². The van der Waals surface area contributed by atoms with Gasteiger partial charge < -0.3 is 0 Å². The molecule has 0 unspecified atom stereocenters. The van der Waals surface area contributed by atoms with E-state index in [9.17, 15) is 9.59 Å². The maximum absolute atomic E-state index is 12.8. The summed E-state index contributed by atoms with van der Waals surface area (Å²) in [5.41, 5.74) is 1.89. The summed E-state index contributed by atoms with van der Waals surface area (Å²) in [7, 11) is 0. The molecule has 128 valence electrons. The van der Waals surface area contributed by atoms with Crippen LogP contribution in [0.25, 0.3) is 0 Å². The summed E-state index contributed by atoms with van der Waals surface area (Å²) in [6.45, 7) is -0.124. The highest BCUT2D eigenvalue weighted by molar-refractivity contribution is 6.02. The van der Waals surface area contributed by atoms with E-state index >= 15 is 0 Å². The lowest BCUT2D eigenvalue weighted by Crippen LogP contribution is -2.31. The van der Waals surface area contributed by atoms with Gasteiger partial charge in [-0.2, -0.15) is 5.10 Å². The van der Waals surface area contributed by atoms with Crippen LogP contribution in [0, 0.1) is 0 Å². The van der Waals surface area contributed by atoms with Gasteiger partial charge in [0.25, 0.3) is 5.91 Å². The van der Waals surface area contributed by atoms with Crippen molar-refractivity contribution < 1.29 is 9.59 Å². The molecule has 0 aliphatic rings. The fourth-order valence-corrected chi connectivity index (χ4v) is 2.42. The second-order valence-electron chi connectivity index (χ2n) is 5.67. The molecule has 3 rings (SSSR count). The number of amides is 1. The van der Waals surface area contributed by atoms with Gasteiger partial charge in [-0.05, 0) is 17.7 Å². The number of carbonyl (C=O) groups excluding carboxylic acids is 2. The van der Waals surface area contributed by atoms with Gasteiger partial charge in [0.15, 0.2) is 5.78 Å². The molecule has 0 aromatic heterocycles. The molecular formula is C22H18N2O2. The zero-order valence-electron chi connectivity index (χ0n) is 14.2. The Morgan fingerprint density at radius 2 is 1.23 bits per heavy atom. The van der Waals surface area contributed by atoms with Gasteiger partial charge in [-0.25, -0.2) is 5.01 Å². The van der Waals surface area contributed by atoms with Gasteiger partial charge >= 0.3 is 0 Å². The molecule has 3 aromatic carbocycles. The molecule has 0 bridgehead atoms. The molecule has 0 fully saturated rings. The normalized spacial score (nSPS) is 10.6. The zero-order chi connectivity index (χ0) is 18.2. The van der Waals surface area contributed by atoms with Crippen LogP contribution in [0.3, 0.4) is 0 Å². The Balaban J connectivity index is 1.85. The predicted octanol–water partition coefficient (Wildman–Crippen LogP) is 4.05. The Bertz CT molecular complexity index is 891. The topological polar surface area (TPSA) is 49.7 Å². The summed E-state index contributed by atoms with van der Waals surface area (Å²) in [4.78, 5) is 25.3. The van der Waals surface area contributed by atoms with Crippen molar-refractivity contribution in [1.82, 2.24) is 5.01 Å². The van der Waals surface area contributed by atoms with Crippen molar-refractivity contribution in [3.8, 4) is 0 Å². The maximum atomic E-state index is 12.8. The van der Waals surface area contributed by atoms with E-state index < -0.39 is 0 Å². The van der Waals surface area contributed by atoms with Crippen LogP contribution in [-0.4, -0.2) is 29.5 Å². The summed E-state index contributed by atoms with van der Waals surface area (Å²) < 4.78 is 0. The van der Waals surface area contributed by atoms with Crippen LogP contribution in [0.2, 0.25) is 0 Å². The standard InChI is InChI=1S/C22H18N2O2/c25-21(19-12-6-2-7-13-19)17-24(22(26)20-14-8-3-9-15-20)23-16-18-10-4-1-5-11-18/h1-16H,17H2/b23-16-. The maximum Gasteiger partial charge on any atom is 0.274 e. The average Bonchev–Trinajstić information content (AvgIpc) is 2.72. The van der Waals surface area contributed by atoms with E-state index in [1.807, 2.05) is 42.5 Å². The fraction of sp³-hybridized carbons (Fsp3) is 0.0455. The van der Waals surface area contributed by atoms with Crippen molar-refractivity contribution in [3.63, 3.8) is 0 Å². The highest BCUT2D eigenvalue weighted by atomic mass is 16.2. The Kier molecular flexibility index (Phi) is 5.68. The van der Waals surface area contributed by atoms with Crippen molar-refractivity contribution in [3.05, 3.63) is 108 Å². The van der Waals surface area contributed by atoms with Crippen molar-refractivity contribution in [2.24, 2.45) is 5.10 Å². The minimum Gasteiger partial charge on any atom is -0.292 e. The Morgan fingerprint density at radius 1 is 0.731 bits per heavy atom. The van der Waals surface area contributed by atoms with E-state index in [0.717, 1.165) is 5.56 Å². The van der Waals surface area contributed by atoms with E-state index in [4.69, 9.17) is 0 Å². The molecule has 0 atom stereocenters. The summed E-state index contributed by atoms with van der Waals surface area (Å²) in [6.07, 6.45) is 1.58. The first-order valence-electron chi connectivity index (χ1n) is 8.28. The number of rotatable bonds is 6. The molecule has 0 radical (unpaired) electrons. The molecular weight excluding hydrogens is 324 g/mol. The highest BCUT2D eigenvalue weighted by Gasteiger charge is 2.19. The quantitative estimate of drug-likeness (QED) is 0.385. The number of nitrogens with zero attached hydrogens (tertiary/aromatic N) is 2. The predicted molar refractivity (Wildman–Crippen MR) is 102 cm³/mol. The van der Waals surface area contributed by atoms with Gasteiger partial charge in [0.2, 0.25) is 0 Å². The first-order valence-corrected chi connectivity index (χ1v) is 8.28. The van der Waals surface area contributed by atoms with E-state index in [0.29, 0.717) is 11.1 Å². The molecule has 3 aromatic rings. The minimum absolute atomic E-state index is 0.124. The van der Waals surface area contributed by atoms with Gasteiger partial charge in [-0.1, -0.05) is 78.9 Å². The number of benzene rings is 3. The summed E-state index contributed by atoms with van der Waals surface area (Å²) in [6, 6.07) is 27.2. The second kappa shape index (κ2) is 8.53. The smallest absolute Gasteiger partial charge is 0.274 e. The molecule has 0 saturated carbocycles. The SMILES string of the molecule is O=C(CN(/N=C\c1ccccc1)C(=O)c1ccccc1)c1ccccc1. The van der Waals surface area contributed by atoms with Crippen LogP contribution in [0.4, 0.5) is 0 Å². The number of Topliss-reactive ketones (excluding diaryl/α,β-unsaturated/α-hetero) is 1. The number of hydrogen-bond acceptors (Lipinski definition) is 3. The van der Waals surface area contributed by atoms with Gasteiger partial charge in [0, 0.05) is 11.1 Å². The summed E-state index contributed by atoms with van der Waals surface area (Å²) >= 11 is 0. The Labute approximate surface area is 152 Å². The van der Waals surface area contributed by atoms with Crippen LogP contribution in [0.15, 0.2) is 96.1 Å². The number of ketones is 1. The van der Waals surface area contributed by atoms with Crippen LogP contribution in [0.5, 0.6) is 0 Å². The fourth-order valence-electron chi connectivity index (χ4n) is 2.42. The van der Waals surface area contributed by atoms with Crippen LogP contribution < -0.4 is 0 Å². The molecule has 1 amide bonds. The Morgan fingerprint density at radius 3 is 1.81 bits per heavy atom. The highest BCUT2D eigenvalue weighted by Crippen LogP contribution is 2.09. The molecule has 4 nitrogen and oxygen atoms in total. The minimum atomic E-state index is -0.318. The average molecular weight is 342 g/mol. The van der Waals surface area contributed by atoms with Crippen LogP contribution in [-0.2, 0) is 0 Å². The number of hydrogen-bond donors (Lipinski definition) is 0. The van der Waals surface area contributed by atoms with E-state index in [2.05, 4.69) is 5.10 Å². The molecule has 0 aliphatic carbocycles. The molecule has 0 aliphatic heterocycles. The van der Waals surface area contributed by atoms with Crippen molar-refractivity contribution in [1.29, 1.82) is 0 Å². The van der Waals surface area contributed by atoms with Crippen molar-refractivity contribution in [2.75, 3.05) is 6.54 Å². The third kappa shape index (κ3) is 4.51. The number of hydrazone groups is 1. The summed E-state index contributed by atoms with van der Waals surface area (Å²) in [5.74, 6) is -0.484. The molecule has 26 heavy (non-hydrogen) atoms. The van der Waals surface area contributed by atoms with Crippen LogP contribution in [0.1, 0.15) is 26.3 Å². The lowest BCUT2D eigenvalue weighted by Gasteiger charge is -2.16. The molecule has 0 N–H and O–H groups in total. The monoisotopic (exact) mass is 342 g/mol. The zero-order valence-corrected chi connectivity index (χ0v) is 14.2. The number of carbonyl (C=O) groups is 2. The summed E-state index contributed by atoms with van der Waals surface area (Å²) in [5, 5.41) is 5.48. The van der Waals surface area contributed by atoms with Gasteiger partial charge in [-0.15, -0.1) is 0 Å². The van der Waals surface area contributed by atoms with E-state index in [1.54, 1.807) is 54.7 Å². The third-order valence-electron chi connectivity index (χ3n) is 3.79. The third-order valence-corrected chi connectivity index (χ3v) is 3.79. The lowest BCUT2D eigenvalue weighted by molar-refractivity contribution is 0.0715. The molecule has 0 heterocycles. The largest absolute Gasteiger partial charge is 0.292 e. The van der Waals surface area contributed by atoms with Crippen LogP contribution >= 0.6 is 0 Å². The Hall–Kier alpha value is -3.53. The van der Waals surface area contributed by atoms with Gasteiger partial charge in [-0.3, -0.25) is 9.59 Å². The van der Waals surface area contributed by atoms with E-state index in [-0.39, 0.29) is 18.2 Å². The first kappa shape index (κ1) is 17.3.